The van der Waals surface area contributed by atoms with Gasteiger partial charge in [0.25, 0.3) is 0 Å². The largest absolute Gasteiger partial charge is 0.435 e. The van der Waals surface area contributed by atoms with Gasteiger partial charge in [-0.05, 0) is 228 Å². The molecule has 756 valence electrons. The predicted molar refractivity (Wildman–Crippen MR) is 541 cm³/mol. The highest BCUT2D eigenvalue weighted by Gasteiger charge is 2.47. The molecule has 39 heteroatoms. The Morgan fingerprint density at radius 1 is 0.415 bits per heavy atom. The first-order valence-electron chi connectivity index (χ1n) is 46.3. The van der Waals surface area contributed by atoms with Crippen LogP contribution in [0.3, 0.4) is 0 Å². The quantitative estimate of drug-likeness (QED) is 0.0341. The number of sulfone groups is 6. The van der Waals surface area contributed by atoms with E-state index in [9.17, 15) is 102 Å². The first-order chi connectivity index (χ1) is 66.4. The van der Waals surface area contributed by atoms with Crippen molar-refractivity contribution in [2.75, 3.05) is 74.9 Å². The predicted octanol–water partition coefficient (Wildman–Crippen LogP) is 17.4. The third-order valence-electron chi connectivity index (χ3n) is 27.2. The summed E-state index contributed by atoms with van der Waals surface area (Å²) in [5, 5.41) is 0. The standard InChI is InChI=1S/C30H30F2N2O5S.C26H32N2O6S2.C25H30N2O6S2.C22H22F2N2O4S/c1-20-6-8-21(9-7-20)19-33-26-16-22(27(35)18-30(2)12-14-40(37,38)15-13-30)10-11-25(26)34(29(33)36)23-4-3-5-24(17-23)39-28(31)32;1-5-36(33,34)21-8-6-7-20(16-21)28-22-10-9-19(15-23(22)27(18(2)3)25(28)30)24(29)17-26(4)11-13-35(31,32)14-12-26;1-17(2)26-22-14-18(23(28)16-25(3)10-12-35(32,33)13-11-25)8-9-21(22)27(24(26)29)19-6-5-7-20(15-19)34(4,30)31;1-14-25(3)19-9-15(20(27)11-22(2)12-31(28,29)13-22)7-8-18(19)26(14)16-5-4-6-17(10-16)30-21(23)24/h3-11,16-17,28H,12-15,18-19H2,1-2H3;6-10,15-16,18H,5,11-14,17H2,1-4H3;5-9,14-15,17H,10-13,16H2,1-4H3;4-10,21H,1,11-13H2,2-3H3. The number of hydrogen-bond acceptors (Lipinski definition) is 23. The minimum atomic E-state index is -3.46. The van der Waals surface area contributed by atoms with Gasteiger partial charge in [-0.15, -0.1) is 0 Å². The second-order valence-electron chi connectivity index (χ2n) is 39.5. The summed E-state index contributed by atoms with van der Waals surface area (Å²) < 4.78 is 212. The molecule has 0 saturated carbocycles. The zero-order valence-electron chi connectivity index (χ0n) is 80.7. The molecule has 29 nitrogen and oxygen atoms in total. The van der Waals surface area contributed by atoms with Crippen molar-refractivity contribution >= 4 is 132 Å². The number of rotatable bonds is 27. The highest BCUT2D eigenvalue weighted by atomic mass is 32.2. The summed E-state index contributed by atoms with van der Waals surface area (Å²) in [5.74, 6) is 0.646. The molecule has 5 aliphatic rings. The SMILES string of the molecule is C=C1N(C)c2cc(C(=O)CC3(C)CS(=O)(=O)C3)ccc2N1c1cccc(OC(F)F)c1.CC(C)n1c(=O)n(-c2cccc(S(C)(=O)=O)c2)c2ccc(C(=O)CC3(C)CCS(=O)(=O)CC3)cc21.CCS(=O)(=O)c1cccc(-n2c(=O)n(C(C)C)c3cc(C(=O)CC4(C)CCS(=O)(=O)CC4)ccc32)c1.Cc1ccc(Cn2c(=O)n(-c3cccc(OC(F)F)c3)c3ccc(C(=O)CC4(C)CCS(=O)(=O)CC4)cc32)cc1. The Kier molecular flexibility index (Phi) is 30.2. The van der Waals surface area contributed by atoms with Gasteiger partial charge in [0.1, 0.15) is 46.8 Å². The van der Waals surface area contributed by atoms with Gasteiger partial charge in [-0.3, -0.25) is 51.5 Å². The molecule has 12 aromatic rings. The van der Waals surface area contributed by atoms with Gasteiger partial charge < -0.3 is 14.4 Å². The summed E-state index contributed by atoms with van der Waals surface area (Å²) in [6.45, 7) is 17.1. The maximum Gasteiger partial charge on any atom is 0.387 e. The summed E-state index contributed by atoms with van der Waals surface area (Å²) >= 11 is 0. The summed E-state index contributed by atoms with van der Waals surface area (Å²) in [6, 6.07) is 52.6. The number of carbonyl (C=O) groups is 4. The maximum absolute atomic E-state index is 13.8. The average molecular weight is 2070 g/mol. The second kappa shape index (κ2) is 40.6. The molecule has 9 aromatic carbocycles. The molecular weight excluding hydrogens is 1950 g/mol. The van der Waals surface area contributed by atoms with Crippen LogP contribution in [0.5, 0.6) is 11.5 Å². The van der Waals surface area contributed by atoms with Crippen LogP contribution in [0.4, 0.5) is 34.6 Å². The summed E-state index contributed by atoms with van der Waals surface area (Å²) in [5.41, 5.74) is 7.69. The molecule has 0 atom stereocenters. The third-order valence-corrected chi connectivity index (χ3v) is 37.3. The van der Waals surface area contributed by atoms with Crippen LogP contribution in [0.2, 0.25) is 0 Å². The number of Topliss-reactive ketones (excluding diaryl/α,β-unsaturated/α-hetero) is 4. The molecule has 8 heterocycles. The topological polar surface area (TPSA) is 379 Å². The van der Waals surface area contributed by atoms with E-state index in [0.717, 1.165) is 28.8 Å². The minimum Gasteiger partial charge on any atom is -0.435 e. The summed E-state index contributed by atoms with van der Waals surface area (Å²) in [6.07, 6.45) is 4.60. The minimum absolute atomic E-state index is 0.0260. The van der Waals surface area contributed by atoms with Gasteiger partial charge in [0, 0.05) is 90.9 Å². The zero-order valence-corrected chi connectivity index (χ0v) is 85.6. The molecule has 4 saturated heterocycles. The highest BCUT2D eigenvalue weighted by Crippen LogP contribution is 2.48. The molecule has 0 aliphatic carbocycles. The number of carbonyl (C=O) groups excluding carboxylic acids is 4. The van der Waals surface area contributed by atoms with E-state index in [1.807, 2.05) is 91.5 Å². The number of imidazole rings is 3. The lowest BCUT2D eigenvalue weighted by molar-refractivity contribution is -0.0505. The zero-order chi connectivity index (χ0) is 103. The van der Waals surface area contributed by atoms with Crippen molar-refractivity contribution in [2.45, 2.75) is 175 Å². The first-order valence-corrected chi connectivity index (χ1v) is 57.1. The molecule has 0 unspecified atom stereocenters. The van der Waals surface area contributed by atoms with Crippen LogP contribution >= 0.6 is 0 Å². The molecule has 142 heavy (non-hydrogen) atoms. The van der Waals surface area contributed by atoms with Gasteiger partial charge in [0.2, 0.25) is 0 Å². The number of alkyl halides is 4. The fourth-order valence-corrected chi connectivity index (χ4v) is 28.3. The van der Waals surface area contributed by atoms with Crippen molar-refractivity contribution in [3.05, 3.63) is 271 Å². The Balaban J connectivity index is 0.000000151. The van der Waals surface area contributed by atoms with Crippen molar-refractivity contribution in [3.63, 3.8) is 0 Å². The first kappa shape index (κ1) is 106. The number of ether oxygens (including phenoxy) is 2. The molecule has 0 radical (unpaired) electrons. The van der Waals surface area contributed by atoms with Crippen LogP contribution in [-0.2, 0) is 65.6 Å². The van der Waals surface area contributed by atoms with Crippen LogP contribution in [0.15, 0.2) is 231 Å². The van der Waals surface area contributed by atoms with E-state index in [1.165, 1.54) is 68.3 Å². The number of halogens is 4. The van der Waals surface area contributed by atoms with Gasteiger partial charge in [-0.1, -0.05) is 95.3 Å². The number of anilines is 3. The highest BCUT2D eigenvalue weighted by molar-refractivity contribution is 7.93. The normalized spacial score (nSPS) is 17.5. The number of benzene rings is 9. The van der Waals surface area contributed by atoms with E-state index < -0.39 is 83.1 Å². The Hall–Kier alpha value is -12.2. The molecule has 3 aromatic heterocycles. The van der Waals surface area contributed by atoms with Gasteiger partial charge in [0.05, 0.1) is 135 Å². The van der Waals surface area contributed by atoms with E-state index in [0.29, 0.717) is 122 Å². The van der Waals surface area contributed by atoms with E-state index in [1.54, 1.807) is 148 Å². The molecular formula is C103H114F4N8O21S6. The van der Waals surface area contributed by atoms with E-state index >= 15 is 0 Å². The lowest BCUT2D eigenvalue weighted by atomic mass is 9.78. The van der Waals surface area contributed by atoms with Gasteiger partial charge in [0.15, 0.2) is 52.6 Å². The van der Waals surface area contributed by atoms with Crippen molar-refractivity contribution in [3.8, 4) is 28.6 Å². The summed E-state index contributed by atoms with van der Waals surface area (Å²) in [4.78, 5) is 97.3. The fourth-order valence-electron chi connectivity index (χ4n) is 19.0. The number of fused-ring (bicyclic) bond motifs is 4. The molecule has 0 spiro atoms. The van der Waals surface area contributed by atoms with Crippen molar-refractivity contribution < 1.29 is 96.7 Å². The van der Waals surface area contributed by atoms with Gasteiger partial charge in [-0.25, -0.2) is 64.9 Å². The number of aryl methyl sites for hydroxylation is 1. The van der Waals surface area contributed by atoms with E-state index in [2.05, 4.69) is 16.1 Å². The van der Waals surface area contributed by atoms with Crippen LogP contribution in [-0.4, -0.2) is 179 Å². The Bertz CT molecular complexity index is 7920. The lowest BCUT2D eigenvalue weighted by Crippen LogP contribution is -2.47. The second-order valence-corrected chi connectivity index (χ2v) is 52.8. The monoisotopic (exact) mass is 2070 g/mol. The molecule has 0 N–H and O–H groups in total. The number of aromatic nitrogens is 6. The van der Waals surface area contributed by atoms with Gasteiger partial charge >= 0.3 is 30.3 Å². The Labute approximate surface area is 822 Å². The van der Waals surface area contributed by atoms with Crippen molar-refractivity contribution in [1.29, 1.82) is 0 Å². The molecule has 5 aliphatic heterocycles. The van der Waals surface area contributed by atoms with Crippen LogP contribution in [0.25, 0.3) is 50.2 Å². The third kappa shape index (κ3) is 23.7. The number of nitrogens with zero attached hydrogens (tertiary/aromatic N) is 8. The Morgan fingerprint density at radius 3 is 1.17 bits per heavy atom. The van der Waals surface area contributed by atoms with Crippen molar-refractivity contribution in [1.82, 2.24) is 27.4 Å². The average Bonchev–Trinajstić information content (AvgIpc) is 1.59. The van der Waals surface area contributed by atoms with Crippen molar-refractivity contribution in [2.24, 2.45) is 21.7 Å². The number of hydrogen-bond donors (Lipinski definition) is 0. The summed E-state index contributed by atoms with van der Waals surface area (Å²) in [7, 11) is -17.3. The molecule has 0 bridgehead atoms. The van der Waals surface area contributed by atoms with E-state index in [-0.39, 0.29) is 168 Å². The maximum atomic E-state index is 13.8. The number of ketones is 4. The molecule has 0 amide bonds. The van der Waals surface area contributed by atoms with Crippen LogP contribution in [0, 0.1) is 28.6 Å². The van der Waals surface area contributed by atoms with E-state index in [4.69, 9.17) is 0 Å². The molecule has 17 rings (SSSR count). The van der Waals surface area contributed by atoms with Crippen LogP contribution < -0.4 is 36.3 Å². The fraction of sp³-hybridized carbons (Fsp3) is 0.388. The Morgan fingerprint density at radius 2 is 0.768 bits per heavy atom. The lowest BCUT2D eigenvalue weighted by Gasteiger charge is -2.37. The van der Waals surface area contributed by atoms with Gasteiger partial charge in [-0.2, -0.15) is 17.6 Å². The molecule has 4 fully saturated rings. The van der Waals surface area contributed by atoms with Crippen LogP contribution in [0.1, 0.15) is 191 Å². The smallest absolute Gasteiger partial charge is 0.387 e.